The van der Waals surface area contributed by atoms with Crippen LogP contribution in [0.15, 0.2) is 30.3 Å². The van der Waals surface area contributed by atoms with Crippen molar-refractivity contribution >= 4 is 17.6 Å². The molecule has 25 heavy (non-hydrogen) atoms. The Morgan fingerprint density at radius 2 is 1.84 bits per heavy atom. The minimum atomic E-state index is -0.968. The van der Waals surface area contributed by atoms with Gasteiger partial charge in [0.1, 0.15) is 0 Å². The molecule has 6 heteroatoms. The number of carboxylic acids is 1. The summed E-state index contributed by atoms with van der Waals surface area (Å²) in [6.07, 6.45) is 3.66. The summed E-state index contributed by atoms with van der Waals surface area (Å²) in [5, 5.41) is 10.8. The number of carbonyl (C=O) groups excluding carboxylic acids is 1. The van der Waals surface area contributed by atoms with Crippen molar-refractivity contribution in [2.45, 2.75) is 51.2 Å². The fraction of sp³-hybridized carbons (Fsp3) is 0.579. The van der Waals surface area contributed by atoms with Crippen LogP contribution in [0.4, 0.5) is 5.69 Å². The lowest BCUT2D eigenvalue weighted by Crippen LogP contribution is -2.46. The third kappa shape index (κ3) is 3.70. The Balaban J connectivity index is 1.79. The minimum absolute atomic E-state index is 0.317. The molecule has 0 saturated carbocycles. The van der Waals surface area contributed by atoms with Crippen molar-refractivity contribution in [2.75, 3.05) is 11.7 Å². The molecule has 6 nitrogen and oxygen atoms in total. The summed E-state index contributed by atoms with van der Waals surface area (Å²) in [6.45, 7) is 2.53. The number of hydrogen-bond donors (Lipinski definition) is 1. The Labute approximate surface area is 147 Å². The fourth-order valence-corrected chi connectivity index (χ4v) is 3.78. The highest BCUT2D eigenvalue weighted by atomic mass is 16.7. The molecule has 1 amide bonds. The van der Waals surface area contributed by atoms with Gasteiger partial charge in [-0.2, -0.15) is 5.06 Å². The molecule has 2 bridgehead atoms. The normalized spacial score (nSPS) is 27.4. The summed E-state index contributed by atoms with van der Waals surface area (Å²) in [7, 11) is 0. The van der Waals surface area contributed by atoms with Crippen molar-refractivity contribution in [3.8, 4) is 0 Å². The zero-order valence-corrected chi connectivity index (χ0v) is 14.5. The SMILES string of the molecule is CCCCCON(C(=O)C1C2CCC(O2)C1C(=O)O)c1ccccc1. The molecule has 4 atom stereocenters. The van der Waals surface area contributed by atoms with Crippen LogP contribution in [-0.4, -0.2) is 35.8 Å². The van der Waals surface area contributed by atoms with Gasteiger partial charge in [0.05, 0.1) is 36.3 Å². The first-order valence-electron chi connectivity index (χ1n) is 9.03. The maximum absolute atomic E-state index is 13.2. The van der Waals surface area contributed by atoms with Crippen molar-refractivity contribution in [3.05, 3.63) is 30.3 Å². The van der Waals surface area contributed by atoms with Crippen molar-refractivity contribution in [1.29, 1.82) is 0 Å². The van der Waals surface area contributed by atoms with Crippen LogP contribution < -0.4 is 5.06 Å². The standard InChI is InChI=1S/C19H25NO5/c1-2-3-7-12-24-20(13-8-5-4-6-9-13)18(21)16-14-10-11-15(25-14)17(16)19(22)23/h4-6,8-9,14-17H,2-3,7,10-12H2,1H3,(H,22,23). The van der Waals surface area contributed by atoms with Gasteiger partial charge in [-0.3, -0.25) is 14.4 Å². The average Bonchev–Trinajstić information content (AvgIpc) is 3.23. The van der Waals surface area contributed by atoms with E-state index in [1.807, 2.05) is 18.2 Å². The number of carboxylic acid groups (broad SMARTS) is 1. The summed E-state index contributed by atoms with van der Waals surface area (Å²) in [5.74, 6) is -2.77. The van der Waals surface area contributed by atoms with Crippen molar-refractivity contribution in [1.82, 2.24) is 0 Å². The number of aliphatic carboxylic acids is 1. The van der Waals surface area contributed by atoms with Gasteiger partial charge in [0.25, 0.3) is 5.91 Å². The van der Waals surface area contributed by atoms with Gasteiger partial charge in [-0.25, -0.2) is 0 Å². The number of rotatable bonds is 8. The molecule has 2 fully saturated rings. The molecule has 0 spiro atoms. The molecule has 4 unspecified atom stereocenters. The first kappa shape index (κ1) is 17.9. The molecule has 2 aliphatic rings. The number of benzene rings is 1. The zero-order valence-electron chi connectivity index (χ0n) is 14.5. The second kappa shape index (κ2) is 7.97. The number of unbranched alkanes of at least 4 members (excludes halogenated alkanes) is 2. The second-order valence-corrected chi connectivity index (χ2v) is 6.69. The zero-order chi connectivity index (χ0) is 17.8. The third-order valence-electron chi connectivity index (χ3n) is 5.00. The fourth-order valence-electron chi connectivity index (χ4n) is 3.78. The van der Waals surface area contributed by atoms with Crippen LogP contribution in [-0.2, 0) is 19.2 Å². The molecule has 1 aromatic carbocycles. The minimum Gasteiger partial charge on any atom is -0.481 e. The van der Waals surface area contributed by atoms with Gasteiger partial charge in [0.15, 0.2) is 0 Å². The van der Waals surface area contributed by atoms with E-state index in [4.69, 9.17) is 9.57 Å². The molecule has 2 heterocycles. The lowest BCUT2D eigenvalue weighted by molar-refractivity contribution is -0.148. The molecular formula is C19H25NO5. The number of ether oxygens (including phenoxy) is 1. The van der Waals surface area contributed by atoms with Gasteiger partial charge in [0, 0.05) is 0 Å². The number of anilines is 1. The lowest BCUT2D eigenvalue weighted by Gasteiger charge is -2.30. The van der Waals surface area contributed by atoms with Gasteiger partial charge in [0.2, 0.25) is 0 Å². The number of fused-ring (bicyclic) bond motifs is 2. The summed E-state index contributed by atoms with van der Waals surface area (Å²) < 4.78 is 5.73. The van der Waals surface area contributed by atoms with Gasteiger partial charge in [-0.1, -0.05) is 38.0 Å². The van der Waals surface area contributed by atoms with E-state index >= 15 is 0 Å². The summed E-state index contributed by atoms with van der Waals surface area (Å²) >= 11 is 0. The summed E-state index contributed by atoms with van der Waals surface area (Å²) in [5.41, 5.74) is 0.621. The number of hydrogen-bond acceptors (Lipinski definition) is 4. The van der Waals surface area contributed by atoms with Crippen LogP contribution in [0, 0.1) is 11.8 Å². The number of amides is 1. The highest BCUT2D eigenvalue weighted by Gasteiger charge is 2.56. The molecule has 1 N–H and O–H groups in total. The molecule has 2 aliphatic heterocycles. The van der Waals surface area contributed by atoms with Crippen LogP contribution in [0.1, 0.15) is 39.0 Å². The van der Waals surface area contributed by atoms with Gasteiger partial charge in [-0.15, -0.1) is 0 Å². The van der Waals surface area contributed by atoms with Crippen molar-refractivity contribution in [2.24, 2.45) is 11.8 Å². The van der Waals surface area contributed by atoms with E-state index in [9.17, 15) is 14.7 Å². The second-order valence-electron chi connectivity index (χ2n) is 6.69. The van der Waals surface area contributed by atoms with Crippen molar-refractivity contribution < 1.29 is 24.3 Å². The summed E-state index contributed by atoms with van der Waals surface area (Å²) in [4.78, 5) is 30.6. The Hall–Kier alpha value is -1.92. The van der Waals surface area contributed by atoms with Crippen LogP contribution >= 0.6 is 0 Å². The monoisotopic (exact) mass is 347 g/mol. The predicted molar refractivity (Wildman–Crippen MR) is 91.9 cm³/mol. The van der Waals surface area contributed by atoms with E-state index < -0.39 is 17.8 Å². The number of para-hydroxylation sites is 1. The van der Waals surface area contributed by atoms with E-state index in [1.165, 1.54) is 5.06 Å². The largest absolute Gasteiger partial charge is 0.481 e. The molecule has 0 radical (unpaired) electrons. The molecule has 2 saturated heterocycles. The van der Waals surface area contributed by atoms with E-state index in [2.05, 4.69) is 6.92 Å². The Morgan fingerprint density at radius 1 is 1.16 bits per heavy atom. The maximum Gasteiger partial charge on any atom is 0.310 e. The Kier molecular flexibility index (Phi) is 5.71. The van der Waals surface area contributed by atoms with Gasteiger partial charge >= 0.3 is 5.97 Å². The molecule has 136 valence electrons. The predicted octanol–water partition coefficient (Wildman–Crippen LogP) is 3.02. The lowest BCUT2D eigenvalue weighted by atomic mass is 9.78. The van der Waals surface area contributed by atoms with Crippen LogP contribution in [0.5, 0.6) is 0 Å². The Morgan fingerprint density at radius 3 is 2.48 bits per heavy atom. The van der Waals surface area contributed by atoms with E-state index in [1.54, 1.807) is 12.1 Å². The Bertz CT molecular complexity index is 605. The highest BCUT2D eigenvalue weighted by Crippen LogP contribution is 2.44. The number of carbonyl (C=O) groups is 2. The van der Waals surface area contributed by atoms with Crippen LogP contribution in [0.25, 0.3) is 0 Å². The first-order chi connectivity index (χ1) is 12.1. The average molecular weight is 347 g/mol. The quantitative estimate of drug-likeness (QED) is 0.578. The summed E-state index contributed by atoms with van der Waals surface area (Å²) in [6, 6.07) is 9.11. The van der Waals surface area contributed by atoms with E-state index in [0.717, 1.165) is 25.7 Å². The molecule has 1 aromatic rings. The smallest absolute Gasteiger partial charge is 0.310 e. The highest BCUT2D eigenvalue weighted by molar-refractivity contribution is 5.96. The van der Waals surface area contributed by atoms with E-state index in [0.29, 0.717) is 18.7 Å². The van der Waals surface area contributed by atoms with Crippen LogP contribution in [0.3, 0.4) is 0 Å². The van der Waals surface area contributed by atoms with Crippen molar-refractivity contribution in [3.63, 3.8) is 0 Å². The topological polar surface area (TPSA) is 76.1 Å². The molecule has 0 aliphatic carbocycles. The van der Waals surface area contributed by atoms with Crippen LogP contribution in [0.2, 0.25) is 0 Å². The number of nitrogens with zero attached hydrogens (tertiary/aromatic N) is 1. The van der Waals surface area contributed by atoms with E-state index in [-0.39, 0.29) is 18.1 Å². The van der Waals surface area contributed by atoms with Gasteiger partial charge in [-0.05, 0) is 31.4 Å². The maximum atomic E-state index is 13.2. The van der Waals surface area contributed by atoms with Gasteiger partial charge < -0.3 is 9.84 Å². The molecular weight excluding hydrogens is 322 g/mol. The third-order valence-corrected chi connectivity index (χ3v) is 5.00. The molecule has 3 rings (SSSR count). The number of hydroxylamine groups is 1. The first-order valence-corrected chi connectivity index (χ1v) is 9.03. The molecule has 0 aromatic heterocycles.